The molecule has 0 radical (unpaired) electrons. The Morgan fingerprint density at radius 1 is 1.09 bits per heavy atom. The third kappa shape index (κ3) is 3.52. The van der Waals surface area contributed by atoms with E-state index in [1.807, 2.05) is 18.2 Å². The molecule has 5 nitrogen and oxygen atoms in total. The fraction of sp³-hybridized carbons (Fsp3) is 0.0625. The minimum absolute atomic E-state index is 0.0875. The number of carbonyl (C=O) groups excluding carboxylic acids is 1. The third-order valence-corrected chi connectivity index (χ3v) is 3.95. The Bertz CT molecular complexity index is 814. The summed E-state index contributed by atoms with van der Waals surface area (Å²) in [5, 5.41) is 11.5. The number of hydrogen-bond donors (Lipinski definition) is 1. The van der Waals surface area contributed by atoms with Crippen LogP contribution >= 0.6 is 23.2 Å². The molecule has 0 unspecified atom stereocenters. The van der Waals surface area contributed by atoms with Crippen molar-refractivity contribution < 1.29 is 4.79 Å². The van der Waals surface area contributed by atoms with Crippen molar-refractivity contribution in [2.24, 2.45) is 0 Å². The lowest BCUT2D eigenvalue weighted by Crippen LogP contribution is -2.16. The van der Waals surface area contributed by atoms with Crippen LogP contribution in [0.5, 0.6) is 0 Å². The molecule has 0 fully saturated rings. The van der Waals surface area contributed by atoms with Gasteiger partial charge in [-0.25, -0.2) is 4.68 Å². The van der Waals surface area contributed by atoms with Crippen LogP contribution in [0.1, 0.15) is 5.56 Å². The molecule has 3 aromatic rings. The Labute approximate surface area is 142 Å². The molecule has 0 atom stereocenters. The minimum atomic E-state index is -0.215. The van der Waals surface area contributed by atoms with E-state index in [9.17, 15) is 4.79 Å². The molecule has 1 N–H and O–H groups in total. The Hall–Kier alpha value is -2.37. The van der Waals surface area contributed by atoms with Gasteiger partial charge >= 0.3 is 0 Å². The van der Waals surface area contributed by atoms with Crippen molar-refractivity contribution in [3.8, 4) is 5.69 Å². The highest BCUT2D eigenvalue weighted by molar-refractivity contribution is 6.36. The average Bonchev–Trinajstić information content (AvgIpc) is 3.06. The first kappa shape index (κ1) is 15.5. The average molecular weight is 347 g/mol. The zero-order chi connectivity index (χ0) is 16.2. The Morgan fingerprint density at radius 3 is 2.52 bits per heavy atom. The normalized spacial score (nSPS) is 10.5. The standard InChI is InChI=1S/C16H12Cl2N4O/c17-12-4-3-5-13(18)11(12)10-16(23)20-14-6-1-2-7-15(14)22-9-8-19-21-22/h1-9H,10H2,(H,20,23). The molecule has 0 bridgehead atoms. The van der Waals surface area contributed by atoms with Gasteiger partial charge in [0.1, 0.15) is 0 Å². The lowest BCUT2D eigenvalue weighted by molar-refractivity contribution is -0.115. The zero-order valence-corrected chi connectivity index (χ0v) is 13.4. The number of nitrogens with one attached hydrogen (secondary N) is 1. The first-order valence-electron chi connectivity index (χ1n) is 6.83. The summed E-state index contributed by atoms with van der Waals surface area (Å²) in [5.74, 6) is -0.215. The van der Waals surface area contributed by atoms with Crippen molar-refractivity contribution >= 4 is 34.8 Å². The number of nitrogens with zero attached hydrogens (tertiary/aromatic N) is 3. The van der Waals surface area contributed by atoms with E-state index in [1.54, 1.807) is 41.3 Å². The number of aromatic nitrogens is 3. The van der Waals surface area contributed by atoms with Gasteiger partial charge in [0.25, 0.3) is 0 Å². The van der Waals surface area contributed by atoms with Crippen LogP contribution in [-0.2, 0) is 11.2 Å². The van der Waals surface area contributed by atoms with Crippen LogP contribution < -0.4 is 5.32 Å². The summed E-state index contributed by atoms with van der Waals surface area (Å²) in [6.07, 6.45) is 3.36. The molecule has 116 valence electrons. The molecule has 1 aromatic heterocycles. The highest BCUT2D eigenvalue weighted by Crippen LogP contribution is 2.25. The molecule has 0 aliphatic carbocycles. The van der Waals surface area contributed by atoms with E-state index in [0.717, 1.165) is 5.69 Å². The molecule has 3 rings (SSSR count). The summed E-state index contributed by atoms with van der Waals surface area (Å²) < 4.78 is 1.58. The molecule has 1 amide bonds. The Kier molecular flexibility index (Phi) is 4.60. The number of halogens is 2. The zero-order valence-electron chi connectivity index (χ0n) is 11.9. The quantitative estimate of drug-likeness (QED) is 0.782. The van der Waals surface area contributed by atoms with Crippen LogP contribution in [0.25, 0.3) is 5.69 Å². The summed E-state index contributed by atoms with van der Waals surface area (Å²) in [4.78, 5) is 12.3. The van der Waals surface area contributed by atoms with Gasteiger partial charge in [-0.2, -0.15) is 0 Å². The Balaban J connectivity index is 1.82. The van der Waals surface area contributed by atoms with Crippen molar-refractivity contribution in [3.05, 3.63) is 70.5 Å². The topological polar surface area (TPSA) is 59.8 Å². The maximum atomic E-state index is 12.3. The predicted molar refractivity (Wildman–Crippen MR) is 90.2 cm³/mol. The van der Waals surface area contributed by atoms with E-state index in [0.29, 0.717) is 21.3 Å². The predicted octanol–water partition coefficient (Wildman–Crippen LogP) is 3.76. The number of para-hydroxylation sites is 2. The fourth-order valence-corrected chi connectivity index (χ4v) is 2.70. The van der Waals surface area contributed by atoms with Crippen LogP contribution in [0.3, 0.4) is 0 Å². The molecule has 0 saturated carbocycles. The number of anilines is 1. The maximum Gasteiger partial charge on any atom is 0.228 e. The molecular weight excluding hydrogens is 335 g/mol. The van der Waals surface area contributed by atoms with Gasteiger partial charge in [0, 0.05) is 10.0 Å². The van der Waals surface area contributed by atoms with Crippen molar-refractivity contribution in [2.45, 2.75) is 6.42 Å². The second kappa shape index (κ2) is 6.81. The molecule has 0 aliphatic heterocycles. The third-order valence-electron chi connectivity index (χ3n) is 3.25. The summed E-state index contributed by atoms with van der Waals surface area (Å²) in [6, 6.07) is 12.5. The van der Waals surface area contributed by atoms with E-state index >= 15 is 0 Å². The fourth-order valence-electron chi connectivity index (χ4n) is 2.17. The summed E-state index contributed by atoms with van der Waals surface area (Å²) >= 11 is 12.2. The van der Waals surface area contributed by atoms with Gasteiger partial charge in [0.05, 0.1) is 30.2 Å². The first-order valence-corrected chi connectivity index (χ1v) is 7.59. The van der Waals surface area contributed by atoms with Gasteiger partial charge in [0.2, 0.25) is 5.91 Å². The summed E-state index contributed by atoms with van der Waals surface area (Å²) in [7, 11) is 0. The van der Waals surface area contributed by atoms with Crippen LogP contribution in [0.2, 0.25) is 10.0 Å². The van der Waals surface area contributed by atoms with E-state index in [2.05, 4.69) is 15.6 Å². The molecule has 0 spiro atoms. The van der Waals surface area contributed by atoms with Crippen LogP contribution in [0, 0.1) is 0 Å². The number of amides is 1. The highest BCUT2D eigenvalue weighted by atomic mass is 35.5. The van der Waals surface area contributed by atoms with Crippen molar-refractivity contribution in [1.82, 2.24) is 15.0 Å². The lowest BCUT2D eigenvalue weighted by atomic mass is 10.1. The van der Waals surface area contributed by atoms with Crippen LogP contribution in [0.15, 0.2) is 54.9 Å². The van der Waals surface area contributed by atoms with Crippen molar-refractivity contribution in [2.75, 3.05) is 5.32 Å². The molecule has 1 heterocycles. The van der Waals surface area contributed by atoms with E-state index in [1.165, 1.54) is 0 Å². The number of benzene rings is 2. The first-order chi connectivity index (χ1) is 11.1. The second-order valence-electron chi connectivity index (χ2n) is 4.79. The summed E-state index contributed by atoms with van der Waals surface area (Å²) in [6.45, 7) is 0. The highest BCUT2D eigenvalue weighted by Gasteiger charge is 2.13. The molecule has 0 aliphatic rings. The van der Waals surface area contributed by atoms with Gasteiger partial charge < -0.3 is 5.32 Å². The van der Waals surface area contributed by atoms with E-state index in [4.69, 9.17) is 23.2 Å². The number of hydrogen-bond acceptors (Lipinski definition) is 3. The Morgan fingerprint density at radius 2 is 1.83 bits per heavy atom. The molecular formula is C16H12Cl2N4O. The molecule has 23 heavy (non-hydrogen) atoms. The maximum absolute atomic E-state index is 12.3. The minimum Gasteiger partial charge on any atom is -0.324 e. The van der Waals surface area contributed by atoms with E-state index in [-0.39, 0.29) is 12.3 Å². The largest absolute Gasteiger partial charge is 0.324 e. The molecule has 2 aromatic carbocycles. The molecule has 7 heteroatoms. The summed E-state index contributed by atoms with van der Waals surface area (Å²) in [5.41, 5.74) is 1.96. The van der Waals surface area contributed by atoms with Crippen molar-refractivity contribution in [1.29, 1.82) is 0 Å². The molecule has 0 saturated heterocycles. The SMILES string of the molecule is O=C(Cc1c(Cl)cccc1Cl)Nc1ccccc1-n1ccnn1. The van der Waals surface area contributed by atoms with Gasteiger partial charge in [-0.1, -0.05) is 46.6 Å². The number of carbonyl (C=O) groups is 1. The van der Waals surface area contributed by atoms with Gasteiger partial charge in [0.15, 0.2) is 0 Å². The van der Waals surface area contributed by atoms with Crippen LogP contribution in [0.4, 0.5) is 5.69 Å². The van der Waals surface area contributed by atoms with Gasteiger partial charge in [-0.15, -0.1) is 5.10 Å². The second-order valence-corrected chi connectivity index (χ2v) is 5.60. The van der Waals surface area contributed by atoms with E-state index < -0.39 is 0 Å². The van der Waals surface area contributed by atoms with Gasteiger partial charge in [-0.05, 0) is 29.8 Å². The lowest BCUT2D eigenvalue weighted by Gasteiger charge is -2.11. The number of rotatable bonds is 4. The van der Waals surface area contributed by atoms with Crippen molar-refractivity contribution in [3.63, 3.8) is 0 Å². The smallest absolute Gasteiger partial charge is 0.228 e. The monoisotopic (exact) mass is 346 g/mol. The van der Waals surface area contributed by atoms with Gasteiger partial charge in [-0.3, -0.25) is 4.79 Å². The van der Waals surface area contributed by atoms with Crippen LogP contribution in [-0.4, -0.2) is 20.9 Å².